The molecule has 1 fully saturated rings. The summed E-state index contributed by atoms with van der Waals surface area (Å²) in [6, 6.07) is 15.1. The van der Waals surface area contributed by atoms with E-state index in [1.807, 2.05) is 36.4 Å². The van der Waals surface area contributed by atoms with Crippen LogP contribution in [0.25, 0.3) is 11.3 Å². The van der Waals surface area contributed by atoms with Crippen LogP contribution in [0, 0.1) is 0 Å². The molecule has 4 rings (SSSR count). The number of nitrogens with zero attached hydrogens (tertiary/aromatic N) is 3. The lowest BCUT2D eigenvalue weighted by Gasteiger charge is -2.30. The Kier molecular flexibility index (Phi) is 7.56. The Bertz CT molecular complexity index is 1110. The second-order valence-electron chi connectivity index (χ2n) is 8.06. The zero-order chi connectivity index (χ0) is 23.9. The summed E-state index contributed by atoms with van der Waals surface area (Å²) in [6.45, 7) is 4.66. The average molecular weight is 464 g/mol. The number of ether oxygens (including phenoxy) is 2. The number of aliphatic hydroxyl groups is 1. The van der Waals surface area contributed by atoms with Crippen LogP contribution in [-0.4, -0.2) is 60.5 Å². The number of hydrogen-bond acceptors (Lipinski definition) is 8. The van der Waals surface area contributed by atoms with E-state index in [9.17, 15) is 9.90 Å². The van der Waals surface area contributed by atoms with Crippen molar-refractivity contribution in [3.05, 3.63) is 54.7 Å². The fourth-order valence-electron chi connectivity index (χ4n) is 3.73. The number of morpholine rings is 1. The van der Waals surface area contributed by atoms with Gasteiger partial charge in [0.05, 0.1) is 44.2 Å². The molecule has 3 N–H and O–H groups in total. The molecule has 0 spiro atoms. The largest absolute Gasteiger partial charge is 0.495 e. The number of aliphatic hydroxyl groups excluding tert-OH is 1. The average Bonchev–Trinajstić information content (AvgIpc) is 2.84. The molecule has 3 aromatic rings. The fraction of sp³-hybridized carbons (Fsp3) is 0.320. The Labute approximate surface area is 198 Å². The number of rotatable bonds is 8. The van der Waals surface area contributed by atoms with Crippen molar-refractivity contribution in [1.29, 1.82) is 0 Å². The van der Waals surface area contributed by atoms with Gasteiger partial charge in [-0.2, -0.15) is 0 Å². The third kappa shape index (κ3) is 6.00. The lowest BCUT2D eigenvalue weighted by Crippen LogP contribution is -2.36. The maximum Gasteiger partial charge on any atom is 0.227 e. The van der Waals surface area contributed by atoms with Crippen molar-refractivity contribution in [2.24, 2.45) is 0 Å². The first-order valence-electron chi connectivity index (χ1n) is 11.2. The van der Waals surface area contributed by atoms with Crippen LogP contribution < -0.4 is 20.3 Å². The molecule has 1 saturated heterocycles. The highest BCUT2D eigenvalue weighted by Crippen LogP contribution is 2.32. The van der Waals surface area contributed by atoms with Crippen molar-refractivity contribution in [3.63, 3.8) is 0 Å². The summed E-state index contributed by atoms with van der Waals surface area (Å²) >= 11 is 0. The van der Waals surface area contributed by atoms with Gasteiger partial charge >= 0.3 is 0 Å². The van der Waals surface area contributed by atoms with Crippen LogP contribution >= 0.6 is 0 Å². The van der Waals surface area contributed by atoms with E-state index in [0.717, 1.165) is 41.5 Å². The molecule has 9 heteroatoms. The van der Waals surface area contributed by atoms with Crippen molar-refractivity contribution in [1.82, 2.24) is 9.97 Å². The molecule has 1 aliphatic rings. The van der Waals surface area contributed by atoms with Gasteiger partial charge in [0.15, 0.2) is 0 Å². The highest BCUT2D eigenvalue weighted by atomic mass is 16.5. The molecular weight excluding hydrogens is 434 g/mol. The molecule has 0 unspecified atom stereocenters. The molecule has 0 bridgehead atoms. The molecule has 1 amide bonds. The molecule has 1 atom stereocenters. The first-order valence-corrected chi connectivity index (χ1v) is 11.2. The molecule has 34 heavy (non-hydrogen) atoms. The lowest BCUT2D eigenvalue weighted by molar-refractivity contribution is -0.117. The van der Waals surface area contributed by atoms with E-state index in [-0.39, 0.29) is 12.3 Å². The highest BCUT2D eigenvalue weighted by Gasteiger charge is 2.16. The standard InChI is InChI=1S/C25H29N5O4/c1-17(31)15-24(32)27-19-5-3-18(4-6-19)21-9-10-26-25(29-21)28-20-7-8-22(23(16-20)33-2)30-11-13-34-14-12-30/h3-10,16-17,31H,11-15H2,1-2H3,(H,27,32)(H,26,28,29)/t17-/m1/s1. The van der Waals surface area contributed by atoms with Crippen LogP contribution in [-0.2, 0) is 9.53 Å². The van der Waals surface area contributed by atoms with Gasteiger partial charge in [-0.1, -0.05) is 12.1 Å². The number of methoxy groups -OCH3 is 1. The Morgan fingerprint density at radius 3 is 2.59 bits per heavy atom. The highest BCUT2D eigenvalue weighted by molar-refractivity contribution is 5.91. The number of anilines is 4. The summed E-state index contributed by atoms with van der Waals surface area (Å²) in [6.07, 6.45) is 1.07. The Balaban J connectivity index is 1.46. The van der Waals surface area contributed by atoms with Crippen LogP contribution in [0.1, 0.15) is 13.3 Å². The van der Waals surface area contributed by atoms with Gasteiger partial charge in [0.2, 0.25) is 11.9 Å². The SMILES string of the molecule is COc1cc(Nc2nccc(-c3ccc(NC(=O)C[C@@H](C)O)cc3)n2)ccc1N1CCOCC1. The van der Waals surface area contributed by atoms with E-state index >= 15 is 0 Å². The number of carbonyl (C=O) groups is 1. The minimum absolute atomic E-state index is 0.0565. The number of aromatic nitrogens is 2. The monoisotopic (exact) mass is 463 g/mol. The zero-order valence-electron chi connectivity index (χ0n) is 19.3. The quantitative estimate of drug-likeness (QED) is 0.466. The molecular formula is C25H29N5O4. The first-order chi connectivity index (χ1) is 16.5. The van der Waals surface area contributed by atoms with Crippen LogP contribution in [0.4, 0.5) is 23.0 Å². The van der Waals surface area contributed by atoms with E-state index < -0.39 is 6.10 Å². The van der Waals surface area contributed by atoms with E-state index in [0.29, 0.717) is 24.8 Å². The number of benzene rings is 2. The van der Waals surface area contributed by atoms with Gasteiger partial charge in [-0.05, 0) is 37.3 Å². The van der Waals surface area contributed by atoms with Crippen LogP contribution in [0.2, 0.25) is 0 Å². The zero-order valence-corrected chi connectivity index (χ0v) is 19.3. The van der Waals surface area contributed by atoms with Gasteiger partial charge in [-0.15, -0.1) is 0 Å². The molecule has 2 heterocycles. The number of nitrogens with one attached hydrogen (secondary N) is 2. The Morgan fingerprint density at radius 2 is 1.88 bits per heavy atom. The van der Waals surface area contributed by atoms with Crippen molar-refractivity contribution >= 4 is 28.9 Å². The van der Waals surface area contributed by atoms with E-state index in [2.05, 4.69) is 25.5 Å². The minimum Gasteiger partial charge on any atom is -0.495 e. The maximum atomic E-state index is 11.8. The van der Waals surface area contributed by atoms with Crippen molar-refractivity contribution in [2.45, 2.75) is 19.4 Å². The third-order valence-corrected chi connectivity index (χ3v) is 5.39. The van der Waals surface area contributed by atoms with Gasteiger partial charge in [-0.3, -0.25) is 4.79 Å². The first kappa shape index (κ1) is 23.5. The molecule has 0 saturated carbocycles. The smallest absolute Gasteiger partial charge is 0.227 e. The minimum atomic E-state index is -0.679. The van der Waals surface area contributed by atoms with Gasteiger partial charge in [0.25, 0.3) is 0 Å². The molecule has 1 aromatic heterocycles. The van der Waals surface area contributed by atoms with Crippen molar-refractivity contribution in [2.75, 3.05) is 48.9 Å². The number of carbonyl (C=O) groups excluding carboxylic acids is 1. The van der Waals surface area contributed by atoms with Crippen molar-refractivity contribution < 1.29 is 19.4 Å². The molecule has 2 aromatic carbocycles. The molecule has 0 aliphatic carbocycles. The van der Waals surface area contributed by atoms with Crippen molar-refractivity contribution in [3.8, 4) is 17.0 Å². The summed E-state index contributed by atoms with van der Waals surface area (Å²) in [7, 11) is 1.66. The maximum absolute atomic E-state index is 11.8. The summed E-state index contributed by atoms with van der Waals surface area (Å²) in [4.78, 5) is 23.1. The summed E-state index contributed by atoms with van der Waals surface area (Å²) in [5, 5.41) is 15.4. The van der Waals surface area contributed by atoms with E-state index in [4.69, 9.17) is 9.47 Å². The molecule has 1 aliphatic heterocycles. The summed E-state index contributed by atoms with van der Waals surface area (Å²) in [5.41, 5.74) is 4.15. The van der Waals surface area contributed by atoms with Gasteiger partial charge < -0.3 is 30.1 Å². The van der Waals surface area contributed by atoms with Gasteiger partial charge in [-0.25, -0.2) is 9.97 Å². The molecule has 178 valence electrons. The van der Waals surface area contributed by atoms with E-state index in [1.165, 1.54) is 0 Å². The van der Waals surface area contributed by atoms with Crippen LogP contribution in [0.3, 0.4) is 0 Å². The predicted molar refractivity (Wildman–Crippen MR) is 132 cm³/mol. The molecule has 9 nitrogen and oxygen atoms in total. The van der Waals surface area contributed by atoms with Crippen LogP contribution in [0.5, 0.6) is 5.75 Å². The number of hydrogen-bond donors (Lipinski definition) is 3. The fourth-order valence-corrected chi connectivity index (χ4v) is 3.73. The van der Waals surface area contributed by atoms with E-state index in [1.54, 1.807) is 32.4 Å². The second-order valence-corrected chi connectivity index (χ2v) is 8.06. The third-order valence-electron chi connectivity index (χ3n) is 5.39. The summed E-state index contributed by atoms with van der Waals surface area (Å²) in [5.74, 6) is 1.01. The summed E-state index contributed by atoms with van der Waals surface area (Å²) < 4.78 is 11.1. The normalized spacial score (nSPS) is 14.4. The van der Waals surface area contributed by atoms with Gasteiger partial charge in [0.1, 0.15) is 5.75 Å². The Hall–Kier alpha value is -3.69. The Morgan fingerprint density at radius 1 is 1.15 bits per heavy atom. The topological polar surface area (TPSA) is 109 Å². The van der Waals surface area contributed by atoms with Crippen LogP contribution in [0.15, 0.2) is 54.7 Å². The molecule has 0 radical (unpaired) electrons. The number of amides is 1. The second kappa shape index (κ2) is 11.0. The predicted octanol–water partition coefficient (Wildman–Crippen LogP) is 3.44. The lowest BCUT2D eigenvalue weighted by atomic mass is 10.1. The van der Waals surface area contributed by atoms with Gasteiger partial charge in [0, 0.05) is 42.3 Å².